The molecule has 40 heavy (non-hydrogen) atoms. The van der Waals surface area contributed by atoms with E-state index in [1.54, 1.807) is 4.57 Å². The smallest absolute Gasteiger partial charge is 0.377 e. The number of rotatable bonds is 5. The van der Waals surface area contributed by atoms with Gasteiger partial charge in [0.15, 0.2) is 5.82 Å². The van der Waals surface area contributed by atoms with Crippen LogP contribution in [0.25, 0.3) is 11.4 Å². The van der Waals surface area contributed by atoms with E-state index in [-0.39, 0.29) is 28.5 Å². The van der Waals surface area contributed by atoms with Crippen molar-refractivity contribution >= 4 is 22.7 Å². The minimum absolute atomic E-state index is 0.165. The molecule has 2 atom stereocenters. The molecular weight excluding hydrogens is 529 g/mol. The third kappa shape index (κ3) is 4.54. The van der Waals surface area contributed by atoms with E-state index in [1.165, 1.54) is 17.5 Å². The molecule has 2 aromatic heterocycles. The van der Waals surface area contributed by atoms with Crippen molar-refractivity contribution in [3.63, 3.8) is 0 Å². The van der Waals surface area contributed by atoms with Crippen LogP contribution in [0.3, 0.4) is 0 Å². The minimum Gasteiger partial charge on any atom is -0.377 e. The maximum absolute atomic E-state index is 13.9. The molecule has 11 nitrogen and oxygen atoms in total. The van der Waals surface area contributed by atoms with Crippen LogP contribution in [0, 0.1) is 11.8 Å². The van der Waals surface area contributed by atoms with E-state index in [4.69, 9.17) is 9.72 Å². The average molecular weight is 560 g/mol. The van der Waals surface area contributed by atoms with Crippen LogP contribution < -0.4 is 21.2 Å². The van der Waals surface area contributed by atoms with Crippen molar-refractivity contribution < 1.29 is 22.8 Å². The standard InChI is InChI=1S/C26H30F3N8O3/c1-15-13-18(26(27,28)29)3-4-19(15)32-37(39)20-14-16(2)21-22(34-9-7-30-8-10-34)24(38)36-25(35(20)21)31-23(33-36)17-5-11-40-12-6-17/h3-5,13,16,20,30H,6-12,14H2,1-2H3,(H,32,39)/q+1/t16-,20+/m1/s1. The van der Waals surface area contributed by atoms with Gasteiger partial charge in [-0.15, -0.1) is 10.5 Å². The van der Waals surface area contributed by atoms with Gasteiger partial charge in [0.2, 0.25) is 5.78 Å². The Morgan fingerprint density at radius 1 is 1.23 bits per heavy atom. The second kappa shape index (κ2) is 10.0. The van der Waals surface area contributed by atoms with E-state index >= 15 is 0 Å². The predicted molar refractivity (Wildman–Crippen MR) is 141 cm³/mol. The van der Waals surface area contributed by atoms with Crippen LogP contribution in [0.15, 0.2) is 29.1 Å². The van der Waals surface area contributed by atoms with Gasteiger partial charge in [0.05, 0.1) is 29.4 Å². The first kappa shape index (κ1) is 26.4. The molecule has 0 aliphatic carbocycles. The van der Waals surface area contributed by atoms with Crippen LogP contribution in [-0.2, 0) is 10.9 Å². The lowest BCUT2D eigenvalue weighted by Gasteiger charge is -2.30. The molecule has 1 fully saturated rings. The van der Waals surface area contributed by atoms with E-state index in [1.807, 2.05) is 17.9 Å². The highest BCUT2D eigenvalue weighted by molar-refractivity contribution is 5.63. The summed E-state index contributed by atoms with van der Waals surface area (Å²) in [5, 5.41) is 7.87. The lowest BCUT2D eigenvalue weighted by molar-refractivity contribution is -0.580. The lowest BCUT2D eigenvalue weighted by Crippen LogP contribution is -2.46. The Bertz CT molecular complexity index is 1570. The van der Waals surface area contributed by atoms with Crippen molar-refractivity contribution in [2.75, 3.05) is 49.7 Å². The van der Waals surface area contributed by atoms with E-state index < -0.39 is 17.9 Å². The third-order valence-corrected chi connectivity index (χ3v) is 7.77. The first-order valence-corrected chi connectivity index (χ1v) is 13.3. The molecule has 1 aromatic carbocycles. The number of hydrogen-bond acceptors (Lipinski definition) is 7. The summed E-state index contributed by atoms with van der Waals surface area (Å²) in [5.74, 6) is 0.499. The molecule has 0 radical (unpaired) electrons. The van der Waals surface area contributed by atoms with E-state index in [0.29, 0.717) is 74.3 Å². The van der Waals surface area contributed by atoms with Crippen molar-refractivity contribution in [2.24, 2.45) is 0 Å². The molecular formula is C26H30F3N8O3+. The molecule has 0 bridgehead atoms. The zero-order chi connectivity index (χ0) is 28.2. The van der Waals surface area contributed by atoms with Crippen molar-refractivity contribution in [3.8, 4) is 0 Å². The molecule has 5 heterocycles. The maximum atomic E-state index is 13.9. The van der Waals surface area contributed by atoms with Gasteiger partial charge in [-0.1, -0.05) is 13.0 Å². The number of nitrogens with one attached hydrogen (secondary N) is 2. The normalized spacial score (nSPS) is 21.4. The Balaban J connectivity index is 1.46. The third-order valence-electron chi connectivity index (χ3n) is 7.77. The molecule has 0 unspecified atom stereocenters. The number of fused-ring (bicyclic) bond motifs is 3. The van der Waals surface area contributed by atoms with Crippen LogP contribution in [0.5, 0.6) is 0 Å². The number of alkyl halides is 3. The zero-order valence-corrected chi connectivity index (χ0v) is 22.2. The number of nitroso groups, excluding NO2 is 1. The first-order valence-electron chi connectivity index (χ1n) is 13.3. The summed E-state index contributed by atoms with van der Waals surface area (Å²) in [4.78, 5) is 34.9. The molecule has 14 heteroatoms. The van der Waals surface area contributed by atoms with Crippen molar-refractivity contribution in [1.29, 1.82) is 0 Å². The molecule has 0 saturated carbocycles. The summed E-state index contributed by atoms with van der Waals surface area (Å²) in [7, 11) is 0. The molecule has 0 amide bonds. The molecule has 212 valence electrons. The number of aromatic nitrogens is 4. The lowest BCUT2D eigenvalue weighted by atomic mass is 10.0. The van der Waals surface area contributed by atoms with E-state index in [0.717, 1.165) is 17.7 Å². The minimum atomic E-state index is -4.48. The SMILES string of the molecule is Cc1cc(C(F)(F)F)ccc1N[N+](=O)[C@H]1C[C@@H](C)c2c(N3CCNCC3)c(=O)n3nc(C4=CCOCC4)nc3n21. The average Bonchev–Trinajstić information content (AvgIpc) is 3.53. The molecule has 3 aliphatic heterocycles. The van der Waals surface area contributed by atoms with Gasteiger partial charge in [-0.3, -0.25) is 4.79 Å². The number of benzene rings is 1. The number of halogens is 3. The summed E-state index contributed by atoms with van der Waals surface area (Å²) in [5.41, 5.74) is 4.29. The Hall–Kier alpha value is -3.78. The van der Waals surface area contributed by atoms with Crippen molar-refractivity contribution in [2.45, 2.75) is 44.9 Å². The predicted octanol–water partition coefficient (Wildman–Crippen LogP) is 3.24. The van der Waals surface area contributed by atoms with Crippen LogP contribution >= 0.6 is 0 Å². The summed E-state index contributed by atoms with van der Waals surface area (Å²) in [6.07, 6.45) is -2.45. The number of ether oxygens (including phenoxy) is 1. The van der Waals surface area contributed by atoms with Gasteiger partial charge in [-0.2, -0.15) is 22.7 Å². The zero-order valence-electron chi connectivity index (χ0n) is 22.2. The molecule has 6 rings (SSSR count). The number of piperazine rings is 1. The van der Waals surface area contributed by atoms with Crippen molar-refractivity contribution in [3.05, 3.63) is 62.2 Å². The van der Waals surface area contributed by atoms with Gasteiger partial charge in [-0.25, -0.2) is 4.57 Å². The Kier molecular flexibility index (Phi) is 6.61. The topological polar surface area (TPSA) is 109 Å². The Labute approximate surface area is 227 Å². The van der Waals surface area contributed by atoms with Gasteiger partial charge in [0.1, 0.15) is 16.2 Å². The quantitative estimate of drug-likeness (QED) is 0.363. The monoisotopic (exact) mass is 559 g/mol. The molecule has 3 aliphatic rings. The Morgan fingerprint density at radius 2 is 2.00 bits per heavy atom. The van der Waals surface area contributed by atoms with Crippen LogP contribution in [0.1, 0.15) is 54.5 Å². The van der Waals surface area contributed by atoms with Crippen LogP contribution in [0.2, 0.25) is 0 Å². The number of hydrogen-bond donors (Lipinski definition) is 2. The van der Waals surface area contributed by atoms with Crippen LogP contribution in [0.4, 0.5) is 24.5 Å². The highest BCUT2D eigenvalue weighted by Gasteiger charge is 2.45. The highest BCUT2D eigenvalue weighted by Crippen LogP contribution is 2.42. The highest BCUT2D eigenvalue weighted by atomic mass is 19.4. The summed E-state index contributed by atoms with van der Waals surface area (Å²) >= 11 is 0. The first-order chi connectivity index (χ1) is 19.1. The summed E-state index contributed by atoms with van der Waals surface area (Å²) < 4.78 is 48.0. The fourth-order valence-electron chi connectivity index (χ4n) is 5.74. The number of aryl methyl sites for hydroxylation is 1. The molecule has 0 spiro atoms. The largest absolute Gasteiger partial charge is 0.416 e. The van der Waals surface area contributed by atoms with E-state index in [2.05, 4.69) is 15.8 Å². The van der Waals surface area contributed by atoms with Gasteiger partial charge < -0.3 is 15.0 Å². The molecule has 2 N–H and O–H groups in total. The number of hydrazine groups is 1. The van der Waals surface area contributed by atoms with Crippen molar-refractivity contribution in [1.82, 2.24) is 24.5 Å². The second-order valence-corrected chi connectivity index (χ2v) is 10.4. The summed E-state index contributed by atoms with van der Waals surface area (Å²) in [6, 6.07) is 3.20. The van der Waals surface area contributed by atoms with Gasteiger partial charge in [0.25, 0.3) is 5.56 Å². The van der Waals surface area contributed by atoms with Gasteiger partial charge >= 0.3 is 12.3 Å². The van der Waals surface area contributed by atoms with E-state index in [9.17, 15) is 22.9 Å². The Morgan fingerprint density at radius 3 is 2.67 bits per heavy atom. The van der Waals surface area contributed by atoms with Gasteiger partial charge in [0, 0.05) is 38.5 Å². The van der Waals surface area contributed by atoms with Gasteiger partial charge in [-0.05, 0) is 42.7 Å². The fourth-order valence-corrected chi connectivity index (χ4v) is 5.74. The molecule has 1 saturated heterocycles. The second-order valence-electron chi connectivity index (χ2n) is 10.4. The molecule has 3 aromatic rings. The number of nitrogens with zero attached hydrogens (tertiary/aromatic N) is 6. The van der Waals surface area contributed by atoms with Crippen LogP contribution in [-0.4, -0.2) is 63.4 Å². The maximum Gasteiger partial charge on any atom is 0.416 e. The summed E-state index contributed by atoms with van der Waals surface area (Å²) in [6.45, 7) is 7.10. The number of anilines is 2. The fraction of sp³-hybridized carbons (Fsp3) is 0.500.